The van der Waals surface area contributed by atoms with E-state index in [0.717, 1.165) is 18.4 Å². The van der Waals surface area contributed by atoms with Crippen LogP contribution in [0.5, 0.6) is 0 Å². The third-order valence-corrected chi connectivity index (χ3v) is 6.68. The predicted molar refractivity (Wildman–Crippen MR) is 146 cm³/mol. The summed E-state index contributed by atoms with van der Waals surface area (Å²) in [4.78, 5) is 61.4. The van der Waals surface area contributed by atoms with Gasteiger partial charge < -0.3 is 37.5 Å². The lowest BCUT2D eigenvalue weighted by Crippen LogP contribution is -2.56. The third-order valence-electron chi connectivity index (χ3n) is 6.68. The van der Waals surface area contributed by atoms with Crippen molar-refractivity contribution in [3.8, 4) is 0 Å². The third kappa shape index (κ3) is 10.2. The molecule has 1 aliphatic carbocycles. The second kappa shape index (κ2) is 15.1. The molecule has 0 aliphatic heterocycles. The molecular formula is C27H42N6O6. The number of primary amides is 1. The summed E-state index contributed by atoms with van der Waals surface area (Å²) in [6.07, 6.45) is 3.43. The summed E-state index contributed by atoms with van der Waals surface area (Å²) in [5, 5.41) is 11.1. The Morgan fingerprint density at radius 1 is 1.08 bits per heavy atom. The Kier molecular flexibility index (Phi) is 12.2. The SMILES string of the molecule is CC(=O)OCc1ccc(NC(=O)C2(NC(=O)[C@@H](NC(=O)CCCCCN)C(C)C)CC2CCNC(N)=O)cc1. The van der Waals surface area contributed by atoms with Gasteiger partial charge in [0.05, 0.1) is 0 Å². The molecule has 0 radical (unpaired) electrons. The molecule has 12 heteroatoms. The average molecular weight is 547 g/mol. The molecule has 216 valence electrons. The van der Waals surface area contributed by atoms with Crippen LogP contribution in [0.3, 0.4) is 0 Å². The van der Waals surface area contributed by atoms with Gasteiger partial charge in [-0.05, 0) is 61.8 Å². The Morgan fingerprint density at radius 3 is 2.36 bits per heavy atom. The van der Waals surface area contributed by atoms with E-state index in [1.807, 2.05) is 13.8 Å². The van der Waals surface area contributed by atoms with Gasteiger partial charge in [-0.3, -0.25) is 19.2 Å². The number of ether oxygens (including phenoxy) is 1. The van der Waals surface area contributed by atoms with Crippen molar-refractivity contribution in [3.63, 3.8) is 0 Å². The van der Waals surface area contributed by atoms with Gasteiger partial charge in [-0.1, -0.05) is 32.4 Å². The first kappa shape index (κ1) is 31.5. The van der Waals surface area contributed by atoms with Crippen molar-refractivity contribution < 1.29 is 28.7 Å². The highest BCUT2D eigenvalue weighted by atomic mass is 16.5. The van der Waals surface area contributed by atoms with E-state index in [-0.39, 0.29) is 37.3 Å². The highest BCUT2D eigenvalue weighted by molar-refractivity contribution is 6.04. The lowest BCUT2D eigenvalue weighted by molar-refractivity contribution is -0.142. The number of urea groups is 1. The van der Waals surface area contributed by atoms with Crippen LogP contribution in [0, 0.1) is 11.8 Å². The molecule has 1 aromatic rings. The molecule has 0 spiro atoms. The summed E-state index contributed by atoms with van der Waals surface area (Å²) in [5.41, 5.74) is 10.7. The maximum atomic E-state index is 13.5. The first-order chi connectivity index (χ1) is 18.5. The fourth-order valence-corrected chi connectivity index (χ4v) is 4.33. The number of rotatable bonds is 16. The maximum absolute atomic E-state index is 13.5. The maximum Gasteiger partial charge on any atom is 0.312 e. The minimum atomic E-state index is -1.20. The van der Waals surface area contributed by atoms with Crippen molar-refractivity contribution in [1.29, 1.82) is 0 Å². The quantitative estimate of drug-likeness (QED) is 0.133. The van der Waals surface area contributed by atoms with Crippen LogP contribution in [-0.2, 0) is 30.5 Å². The summed E-state index contributed by atoms with van der Waals surface area (Å²) in [7, 11) is 0. The lowest BCUT2D eigenvalue weighted by Gasteiger charge is -2.26. The van der Waals surface area contributed by atoms with Crippen molar-refractivity contribution in [1.82, 2.24) is 16.0 Å². The molecule has 0 saturated heterocycles. The molecule has 12 nitrogen and oxygen atoms in total. The van der Waals surface area contributed by atoms with Gasteiger partial charge >= 0.3 is 12.0 Å². The van der Waals surface area contributed by atoms with Crippen LogP contribution in [0.4, 0.5) is 10.5 Å². The Balaban J connectivity index is 2.10. The van der Waals surface area contributed by atoms with Crippen molar-refractivity contribution in [2.24, 2.45) is 23.3 Å². The van der Waals surface area contributed by atoms with Crippen LogP contribution < -0.4 is 32.7 Å². The molecule has 8 N–H and O–H groups in total. The molecule has 0 aromatic heterocycles. The number of carbonyl (C=O) groups is 5. The zero-order valence-corrected chi connectivity index (χ0v) is 23.0. The van der Waals surface area contributed by atoms with Gasteiger partial charge in [0, 0.05) is 25.6 Å². The van der Waals surface area contributed by atoms with Crippen molar-refractivity contribution in [2.45, 2.75) is 77.5 Å². The lowest BCUT2D eigenvalue weighted by atomic mass is 10.0. The molecule has 39 heavy (non-hydrogen) atoms. The van der Waals surface area contributed by atoms with Gasteiger partial charge in [-0.2, -0.15) is 0 Å². The number of nitrogens with two attached hydrogens (primary N) is 2. The van der Waals surface area contributed by atoms with Gasteiger partial charge in [-0.15, -0.1) is 0 Å². The predicted octanol–water partition coefficient (Wildman–Crippen LogP) is 1.28. The van der Waals surface area contributed by atoms with E-state index in [4.69, 9.17) is 16.2 Å². The number of carbonyl (C=O) groups excluding carboxylic acids is 5. The smallest absolute Gasteiger partial charge is 0.312 e. The summed E-state index contributed by atoms with van der Waals surface area (Å²) in [6.45, 7) is 5.91. The van der Waals surface area contributed by atoms with Crippen molar-refractivity contribution in [3.05, 3.63) is 29.8 Å². The Bertz CT molecular complexity index is 1010. The molecule has 5 amide bonds. The van der Waals surface area contributed by atoms with Crippen LogP contribution in [-0.4, -0.2) is 54.4 Å². The Labute approximate surface area is 229 Å². The summed E-state index contributed by atoms with van der Waals surface area (Å²) in [6, 6.07) is 5.33. The van der Waals surface area contributed by atoms with E-state index in [1.165, 1.54) is 6.92 Å². The molecule has 1 fully saturated rings. The Hall–Kier alpha value is -3.67. The molecule has 2 rings (SSSR count). The molecule has 1 aliphatic rings. The molecule has 0 bridgehead atoms. The van der Waals surface area contributed by atoms with Crippen LogP contribution in [0.2, 0.25) is 0 Å². The number of anilines is 1. The first-order valence-corrected chi connectivity index (χ1v) is 13.4. The van der Waals surface area contributed by atoms with Crippen LogP contribution in [0.1, 0.15) is 64.9 Å². The molecule has 2 unspecified atom stereocenters. The van der Waals surface area contributed by atoms with Crippen LogP contribution >= 0.6 is 0 Å². The number of benzene rings is 1. The van der Waals surface area contributed by atoms with Gasteiger partial charge in [0.25, 0.3) is 0 Å². The number of unbranched alkanes of at least 4 members (excludes halogenated alkanes) is 2. The minimum absolute atomic E-state index is 0.119. The monoisotopic (exact) mass is 546 g/mol. The van der Waals surface area contributed by atoms with Gasteiger partial charge in [0.2, 0.25) is 17.7 Å². The second-order valence-corrected chi connectivity index (χ2v) is 10.3. The number of amides is 5. The normalized spacial score (nSPS) is 18.5. The zero-order chi connectivity index (χ0) is 29.0. The number of esters is 1. The fraction of sp³-hybridized carbons (Fsp3) is 0.593. The van der Waals surface area contributed by atoms with E-state index in [0.29, 0.717) is 31.5 Å². The van der Waals surface area contributed by atoms with E-state index >= 15 is 0 Å². The number of nitrogens with one attached hydrogen (secondary N) is 4. The minimum Gasteiger partial charge on any atom is -0.461 e. The van der Waals surface area contributed by atoms with E-state index in [2.05, 4.69) is 21.3 Å². The summed E-state index contributed by atoms with van der Waals surface area (Å²) in [5.74, 6) is -1.92. The Morgan fingerprint density at radius 2 is 1.77 bits per heavy atom. The van der Waals surface area contributed by atoms with Crippen molar-refractivity contribution >= 4 is 35.4 Å². The summed E-state index contributed by atoms with van der Waals surface area (Å²) >= 11 is 0. The molecule has 0 heterocycles. The van der Waals surface area contributed by atoms with Crippen LogP contribution in [0.15, 0.2) is 24.3 Å². The van der Waals surface area contributed by atoms with Gasteiger partial charge in [0.15, 0.2) is 0 Å². The van der Waals surface area contributed by atoms with E-state index in [9.17, 15) is 24.0 Å². The molecule has 1 aromatic carbocycles. The molecular weight excluding hydrogens is 504 g/mol. The van der Waals surface area contributed by atoms with Crippen molar-refractivity contribution in [2.75, 3.05) is 18.4 Å². The standard InChI is InChI=1S/C27H42N6O6/c1-17(2)23(32-22(35)7-5-4-6-13-28)24(36)33-27(15-20(27)12-14-30-26(29)38)25(37)31-21-10-8-19(9-11-21)16-39-18(3)34/h8-11,17,20,23H,4-7,12-16,28H2,1-3H3,(H,31,37)(H,32,35)(H,33,36)(H3,29,30,38)/t20?,23-,27?/m0/s1. The van der Waals surface area contributed by atoms with Gasteiger partial charge in [-0.25, -0.2) is 4.79 Å². The van der Waals surface area contributed by atoms with Gasteiger partial charge in [0.1, 0.15) is 18.2 Å². The zero-order valence-electron chi connectivity index (χ0n) is 23.0. The molecule has 1 saturated carbocycles. The van der Waals surface area contributed by atoms with E-state index < -0.39 is 35.4 Å². The summed E-state index contributed by atoms with van der Waals surface area (Å²) < 4.78 is 4.98. The second-order valence-electron chi connectivity index (χ2n) is 10.3. The topological polar surface area (TPSA) is 195 Å². The largest absolute Gasteiger partial charge is 0.461 e. The highest BCUT2D eigenvalue weighted by Crippen LogP contribution is 2.46. The fourth-order valence-electron chi connectivity index (χ4n) is 4.33. The average Bonchev–Trinajstić information content (AvgIpc) is 3.57. The van der Waals surface area contributed by atoms with Crippen LogP contribution in [0.25, 0.3) is 0 Å². The highest BCUT2D eigenvalue weighted by Gasteiger charge is 2.61. The number of hydrogen-bond donors (Lipinski definition) is 6. The van der Waals surface area contributed by atoms with E-state index in [1.54, 1.807) is 24.3 Å². The first-order valence-electron chi connectivity index (χ1n) is 13.4. The number of hydrogen-bond acceptors (Lipinski definition) is 7. The molecule has 3 atom stereocenters.